The number of amides is 2. The highest BCUT2D eigenvalue weighted by molar-refractivity contribution is 5.97. The second-order valence-electron chi connectivity index (χ2n) is 8.88. The van der Waals surface area contributed by atoms with Crippen LogP contribution in [0, 0.1) is 11.7 Å². The van der Waals surface area contributed by atoms with Crippen LogP contribution >= 0.6 is 0 Å². The highest BCUT2D eigenvalue weighted by atomic mass is 19.3. The molecule has 0 unspecified atom stereocenters. The Morgan fingerprint density at radius 3 is 2.42 bits per heavy atom. The van der Waals surface area contributed by atoms with Gasteiger partial charge in [-0.2, -0.15) is 0 Å². The van der Waals surface area contributed by atoms with Gasteiger partial charge in [0.2, 0.25) is 5.91 Å². The monoisotopic (exact) mass is 524 g/mol. The molecule has 2 heterocycles. The molecule has 6 nitrogen and oxygen atoms in total. The first kappa shape index (κ1) is 28.4. The van der Waals surface area contributed by atoms with E-state index in [9.17, 15) is 22.8 Å². The number of aromatic nitrogens is 2. The summed E-state index contributed by atoms with van der Waals surface area (Å²) in [5.41, 5.74) is 2.56. The number of carbonyl (C=O) groups is 2. The molecule has 0 aliphatic rings. The van der Waals surface area contributed by atoms with Crippen molar-refractivity contribution in [2.24, 2.45) is 5.92 Å². The largest absolute Gasteiger partial charge is 0.352 e. The number of nitrogens with one attached hydrogen (secondary N) is 2. The minimum Gasteiger partial charge on any atom is -0.352 e. The van der Waals surface area contributed by atoms with Crippen molar-refractivity contribution in [1.29, 1.82) is 0 Å². The Balaban J connectivity index is 1.80. The molecule has 0 aliphatic carbocycles. The van der Waals surface area contributed by atoms with Crippen molar-refractivity contribution >= 4 is 17.9 Å². The summed E-state index contributed by atoms with van der Waals surface area (Å²) in [6.45, 7) is 7.89. The van der Waals surface area contributed by atoms with E-state index in [-0.39, 0.29) is 29.8 Å². The standard InChI is InChI=1S/C29H31F3N4O2/c1-5-22(11-12-23-13-14-25(36(23)6-2)20-7-9-21(30)10-8-20)35-29(38)24-15-19(16-33-26(24)27(31)32)17-34-28(37)18(3)4/h5,7-16,18,27H,6,17H2,1-4H3,(H,34,37)(H,35,38)/b12-11-,22-5+. The summed E-state index contributed by atoms with van der Waals surface area (Å²) in [4.78, 5) is 28.7. The van der Waals surface area contributed by atoms with Crippen LogP contribution in [0.15, 0.2) is 66.5 Å². The molecule has 0 radical (unpaired) electrons. The van der Waals surface area contributed by atoms with E-state index < -0.39 is 18.0 Å². The van der Waals surface area contributed by atoms with Gasteiger partial charge < -0.3 is 15.2 Å². The predicted octanol–water partition coefficient (Wildman–Crippen LogP) is 6.27. The van der Waals surface area contributed by atoms with E-state index >= 15 is 0 Å². The molecule has 1 aromatic carbocycles. The smallest absolute Gasteiger partial charge is 0.281 e. The van der Waals surface area contributed by atoms with E-state index in [1.807, 2.05) is 23.6 Å². The lowest BCUT2D eigenvalue weighted by atomic mass is 10.1. The lowest BCUT2D eigenvalue weighted by Crippen LogP contribution is -2.28. The molecule has 0 aliphatic heterocycles. The molecule has 200 valence electrons. The van der Waals surface area contributed by atoms with Gasteiger partial charge in [0.25, 0.3) is 12.3 Å². The summed E-state index contributed by atoms with van der Waals surface area (Å²) in [5.74, 6) is -1.49. The Kier molecular flexibility index (Phi) is 9.65. The maximum atomic E-state index is 13.6. The third-order valence-electron chi connectivity index (χ3n) is 5.89. The van der Waals surface area contributed by atoms with Crippen LogP contribution in [0.5, 0.6) is 0 Å². The Bertz CT molecular complexity index is 1340. The van der Waals surface area contributed by atoms with Gasteiger partial charge in [0.1, 0.15) is 11.5 Å². The molecule has 38 heavy (non-hydrogen) atoms. The fraction of sp³-hybridized carbons (Fsp3) is 0.276. The Hall–Kier alpha value is -4.14. The number of rotatable bonds is 10. The molecule has 0 saturated heterocycles. The topological polar surface area (TPSA) is 76.0 Å². The van der Waals surface area contributed by atoms with Gasteiger partial charge in [-0.3, -0.25) is 14.6 Å². The molecule has 0 atom stereocenters. The molecule has 0 spiro atoms. The third-order valence-corrected chi connectivity index (χ3v) is 5.89. The van der Waals surface area contributed by atoms with Gasteiger partial charge in [0.15, 0.2) is 0 Å². The minimum absolute atomic E-state index is 0.0641. The first-order valence-electron chi connectivity index (χ1n) is 12.3. The van der Waals surface area contributed by atoms with Crippen LogP contribution in [0.2, 0.25) is 0 Å². The van der Waals surface area contributed by atoms with Crippen molar-refractivity contribution in [3.8, 4) is 11.3 Å². The maximum absolute atomic E-state index is 13.6. The maximum Gasteiger partial charge on any atom is 0.281 e. The fourth-order valence-electron chi connectivity index (χ4n) is 3.80. The summed E-state index contributed by atoms with van der Waals surface area (Å²) >= 11 is 0. The highest BCUT2D eigenvalue weighted by Gasteiger charge is 2.21. The zero-order chi connectivity index (χ0) is 27.8. The molecule has 0 fully saturated rings. The molecule has 9 heteroatoms. The van der Waals surface area contributed by atoms with Crippen molar-refractivity contribution in [2.75, 3.05) is 0 Å². The number of hydrogen-bond acceptors (Lipinski definition) is 3. The van der Waals surface area contributed by atoms with E-state index in [1.54, 1.807) is 51.1 Å². The van der Waals surface area contributed by atoms with Gasteiger partial charge >= 0.3 is 0 Å². The number of nitrogens with zero attached hydrogens (tertiary/aromatic N) is 2. The normalized spacial score (nSPS) is 12.0. The van der Waals surface area contributed by atoms with Crippen molar-refractivity contribution < 1.29 is 22.8 Å². The van der Waals surface area contributed by atoms with Gasteiger partial charge in [-0.1, -0.05) is 19.9 Å². The quantitative estimate of drug-likeness (QED) is 0.307. The zero-order valence-corrected chi connectivity index (χ0v) is 21.8. The van der Waals surface area contributed by atoms with Crippen LogP contribution in [0.4, 0.5) is 13.2 Å². The molecule has 2 aromatic heterocycles. The Morgan fingerprint density at radius 1 is 1.11 bits per heavy atom. The molecule has 3 aromatic rings. The van der Waals surface area contributed by atoms with Crippen LogP contribution in [-0.4, -0.2) is 21.4 Å². The van der Waals surface area contributed by atoms with E-state index in [1.165, 1.54) is 24.4 Å². The van der Waals surface area contributed by atoms with Crippen molar-refractivity contribution in [2.45, 2.75) is 47.2 Å². The van der Waals surface area contributed by atoms with Gasteiger partial charge in [-0.15, -0.1) is 0 Å². The Morgan fingerprint density at radius 2 is 1.82 bits per heavy atom. The summed E-state index contributed by atoms with van der Waals surface area (Å²) in [5, 5.41) is 5.35. The molecular formula is C29H31F3N4O2. The summed E-state index contributed by atoms with van der Waals surface area (Å²) in [7, 11) is 0. The first-order valence-corrected chi connectivity index (χ1v) is 12.3. The van der Waals surface area contributed by atoms with E-state index in [0.29, 0.717) is 17.8 Å². The minimum atomic E-state index is -2.95. The number of allylic oxidation sites excluding steroid dienone is 2. The summed E-state index contributed by atoms with van der Waals surface area (Å²) in [6.07, 6.45) is 3.41. The van der Waals surface area contributed by atoms with E-state index in [4.69, 9.17) is 0 Å². The van der Waals surface area contributed by atoms with Crippen LogP contribution in [0.1, 0.15) is 61.4 Å². The average Bonchev–Trinajstić information content (AvgIpc) is 3.32. The summed E-state index contributed by atoms with van der Waals surface area (Å²) < 4.78 is 42.6. The zero-order valence-electron chi connectivity index (χ0n) is 21.8. The van der Waals surface area contributed by atoms with Crippen molar-refractivity contribution in [3.05, 3.63) is 94.8 Å². The number of alkyl halides is 2. The number of halogens is 3. The predicted molar refractivity (Wildman–Crippen MR) is 142 cm³/mol. The van der Waals surface area contributed by atoms with Crippen molar-refractivity contribution in [1.82, 2.24) is 20.2 Å². The highest BCUT2D eigenvalue weighted by Crippen LogP contribution is 2.25. The van der Waals surface area contributed by atoms with Crippen LogP contribution < -0.4 is 10.6 Å². The van der Waals surface area contributed by atoms with Gasteiger partial charge in [-0.25, -0.2) is 13.2 Å². The second kappa shape index (κ2) is 12.9. The molecule has 3 rings (SSSR count). The molecule has 0 bridgehead atoms. The molecule has 0 saturated carbocycles. The molecular weight excluding hydrogens is 493 g/mol. The van der Waals surface area contributed by atoms with E-state index in [0.717, 1.165) is 17.0 Å². The third kappa shape index (κ3) is 7.00. The van der Waals surface area contributed by atoms with Crippen LogP contribution in [0.25, 0.3) is 17.3 Å². The van der Waals surface area contributed by atoms with Gasteiger partial charge in [-0.05, 0) is 79.6 Å². The SMILES string of the molecule is C/C=C(\C=C/c1ccc(-c2ccc(F)cc2)n1CC)NC(=O)c1cc(CNC(=O)C(C)C)cnc1C(F)F. The fourth-order valence-corrected chi connectivity index (χ4v) is 3.80. The molecule has 2 amide bonds. The van der Waals surface area contributed by atoms with E-state index in [2.05, 4.69) is 15.6 Å². The second-order valence-corrected chi connectivity index (χ2v) is 8.88. The van der Waals surface area contributed by atoms with Gasteiger partial charge in [0, 0.05) is 42.3 Å². The Labute approximate surface area is 220 Å². The summed E-state index contributed by atoms with van der Waals surface area (Å²) in [6, 6.07) is 11.4. The van der Waals surface area contributed by atoms with Crippen LogP contribution in [0.3, 0.4) is 0 Å². The average molecular weight is 525 g/mol. The number of benzene rings is 1. The lowest BCUT2D eigenvalue weighted by molar-refractivity contribution is -0.124. The number of carbonyl (C=O) groups excluding carboxylic acids is 2. The number of hydrogen-bond donors (Lipinski definition) is 2. The molecule has 2 N–H and O–H groups in total. The number of pyridine rings is 1. The van der Waals surface area contributed by atoms with Crippen molar-refractivity contribution in [3.63, 3.8) is 0 Å². The first-order chi connectivity index (χ1) is 18.1. The van der Waals surface area contributed by atoms with Gasteiger partial charge in [0.05, 0.1) is 5.56 Å². The lowest BCUT2D eigenvalue weighted by Gasteiger charge is -2.13. The van der Waals surface area contributed by atoms with Crippen LogP contribution in [-0.2, 0) is 17.9 Å².